The van der Waals surface area contributed by atoms with Gasteiger partial charge in [-0.2, -0.15) is 0 Å². The summed E-state index contributed by atoms with van der Waals surface area (Å²) >= 11 is 1.14. The normalized spacial score (nSPS) is 11.5. The lowest BCUT2D eigenvalue weighted by Gasteiger charge is -2.07. The second-order valence-corrected chi connectivity index (χ2v) is 7.13. The van der Waals surface area contributed by atoms with Gasteiger partial charge in [0, 0.05) is 18.1 Å². The maximum atomic E-state index is 11.9. The minimum atomic E-state index is -3.71. The summed E-state index contributed by atoms with van der Waals surface area (Å²) in [6.07, 6.45) is 1.70. The van der Waals surface area contributed by atoms with Gasteiger partial charge in [0.2, 0.25) is 0 Å². The van der Waals surface area contributed by atoms with E-state index in [0.717, 1.165) is 16.2 Å². The molecule has 2 rings (SSSR count). The summed E-state index contributed by atoms with van der Waals surface area (Å²) in [6.45, 7) is 1.81. The third-order valence-electron chi connectivity index (χ3n) is 2.46. The third kappa shape index (κ3) is 3.03. The van der Waals surface area contributed by atoms with E-state index in [1.165, 1.54) is 6.07 Å². The quantitative estimate of drug-likeness (QED) is 0.827. The largest absolute Gasteiger partial charge is 0.347 e. The number of nitrogens with one attached hydrogen (secondary N) is 2. The topological polar surface area (TPSA) is 80.2 Å². The Bertz CT molecular complexity index is 700. The van der Waals surface area contributed by atoms with Crippen LogP contribution in [0.5, 0.6) is 0 Å². The van der Waals surface area contributed by atoms with Gasteiger partial charge in [-0.25, -0.2) is 8.42 Å². The molecule has 19 heavy (non-hydrogen) atoms. The first-order valence-electron chi connectivity index (χ1n) is 5.40. The lowest BCUT2D eigenvalue weighted by molar-refractivity contribution is 0.0937. The molecule has 0 saturated heterocycles. The molecule has 0 aliphatic heterocycles. The van der Waals surface area contributed by atoms with Gasteiger partial charge in [0.25, 0.3) is 15.9 Å². The van der Waals surface area contributed by atoms with E-state index in [4.69, 9.17) is 0 Å². The van der Waals surface area contributed by atoms with Gasteiger partial charge >= 0.3 is 0 Å². The molecule has 8 heteroatoms. The lowest BCUT2D eigenvalue weighted by atomic mass is 10.4. The van der Waals surface area contributed by atoms with Gasteiger partial charge in [0.1, 0.15) is 9.90 Å². The Morgan fingerprint density at radius 1 is 1.32 bits per heavy atom. The fourth-order valence-electron chi connectivity index (χ4n) is 1.48. The average molecular weight is 299 g/mol. The van der Waals surface area contributed by atoms with Gasteiger partial charge < -0.3 is 4.57 Å². The molecule has 2 aromatic rings. The Morgan fingerprint density at radius 2 is 2.05 bits per heavy atom. The highest BCUT2D eigenvalue weighted by Crippen LogP contribution is 2.19. The summed E-state index contributed by atoms with van der Waals surface area (Å²) in [6, 6.07) is 6.50. The van der Waals surface area contributed by atoms with Crippen molar-refractivity contribution in [3.8, 4) is 0 Å². The van der Waals surface area contributed by atoms with Crippen LogP contribution in [0.25, 0.3) is 0 Å². The molecule has 0 unspecified atom stereocenters. The van der Waals surface area contributed by atoms with E-state index in [-0.39, 0.29) is 4.21 Å². The molecule has 1 amide bonds. The number of sulfonamides is 1. The third-order valence-corrected chi connectivity index (χ3v) is 5.20. The molecule has 0 fully saturated rings. The Hall–Kier alpha value is -1.64. The van der Waals surface area contributed by atoms with Gasteiger partial charge in [-0.05, 0) is 31.2 Å². The van der Waals surface area contributed by atoms with Crippen molar-refractivity contribution < 1.29 is 13.2 Å². The summed E-state index contributed by atoms with van der Waals surface area (Å²) in [5.74, 6) is -0.510. The second kappa shape index (κ2) is 5.16. The highest BCUT2D eigenvalue weighted by atomic mass is 32.2. The van der Waals surface area contributed by atoms with Crippen molar-refractivity contribution in [3.63, 3.8) is 0 Å². The molecule has 0 atom stereocenters. The molecular formula is C11H13N3O3S2. The molecule has 102 valence electrons. The number of rotatable bonds is 4. The van der Waals surface area contributed by atoms with E-state index in [1.54, 1.807) is 36.0 Å². The Morgan fingerprint density at radius 3 is 2.58 bits per heavy atom. The first-order valence-corrected chi connectivity index (χ1v) is 7.70. The van der Waals surface area contributed by atoms with Crippen molar-refractivity contribution in [2.24, 2.45) is 7.05 Å². The average Bonchev–Trinajstić information content (AvgIpc) is 2.95. The maximum absolute atomic E-state index is 11.9. The monoisotopic (exact) mass is 299 g/mol. The van der Waals surface area contributed by atoms with Crippen LogP contribution < -0.4 is 10.3 Å². The zero-order valence-electron chi connectivity index (χ0n) is 10.4. The van der Waals surface area contributed by atoms with Crippen molar-refractivity contribution in [2.75, 3.05) is 0 Å². The molecule has 2 N–H and O–H groups in total. The zero-order chi connectivity index (χ0) is 14.0. The Balaban J connectivity index is 2.07. The van der Waals surface area contributed by atoms with Gasteiger partial charge in [0.05, 0.1) is 0 Å². The smallest absolute Gasteiger partial charge is 0.282 e. The fourth-order valence-corrected chi connectivity index (χ4v) is 3.60. The molecule has 0 radical (unpaired) electrons. The molecular weight excluding hydrogens is 286 g/mol. The standard InChI is InChI=1S/C11H13N3O3S2/c1-8-5-6-10(18-8)19(16,17)13-12-11(15)9-4-3-7-14(9)2/h3-7,13H,1-2H3,(H,12,15). The minimum Gasteiger partial charge on any atom is -0.347 e. The number of carbonyl (C=O) groups excluding carboxylic acids is 1. The van der Waals surface area contributed by atoms with Crippen molar-refractivity contribution in [2.45, 2.75) is 11.1 Å². The first-order chi connectivity index (χ1) is 8.90. The number of hydrogen-bond acceptors (Lipinski definition) is 4. The Kier molecular flexibility index (Phi) is 3.74. The fraction of sp³-hybridized carbons (Fsp3) is 0.182. The van der Waals surface area contributed by atoms with Crippen molar-refractivity contribution in [3.05, 3.63) is 41.0 Å². The van der Waals surface area contributed by atoms with Crippen molar-refractivity contribution in [1.29, 1.82) is 0 Å². The highest BCUT2D eigenvalue weighted by molar-refractivity contribution is 7.91. The molecule has 0 spiro atoms. The molecule has 2 aromatic heterocycles. The maximum Gasteiger partial charge on any atom is 0.282 e. The van der Waals surface area contributed by atoms with E-state index in [9.17, 15) is 13.2 Å². The molecule has 0 bridgehead atoms. The van der Waals surface area contributed by atoms with Gasteiger partial charge in [-0.1, -0.05) is 0 Å². The number of aromatic nitrogens is 1. The number of amides is 1. The molecule has 2 heterocycles. The first kappa shape index (κ1) is 13.8. The summed E-state index contributed by atoms with van der Waals surface area (Å²) in [5.41, 5.74) is 2.55. The van der Waals surface area contributed by atoms with Crippen LogP contribution in [0.2, 0.25) is 0 Å². The van der Waals surface area contributed by atoms with Crippen LogP contribution in [0.4, 0.5) is 0 Å². The van der Waals surface area contributed by atoms with Crippen LogP contribution in [0.1, 0.15) is 15.4 Å². The minimum absolute atomic E-state index is 0.164. The van der Waals surface area contributed by atoms with E-state index >= 15 is 0 Å². The number of aryl methyl sites for hydroxylation is 2. The van der Waals surface area contributed by atoms with Crippen LogP contribution in [0.15, 0.2) is 34.7 Å². The predicted octanol–water partition coefficient (Wildman–Crippen LogP) is 1.02. The highest BCUT2D eigenvalue weighted by Gasteiger charge is 2.18. The number of thiophene rings is 1. The van der Waals surface area contributed by atoms with E-state index < -0.39 is 15.9 Å². The van der Waals surface area contributed by atoms with E-state index in [0.29, 0.717) is 5.69 Å². The van der Waals surface area contributed by atoms with Crippen LogP contribution in [0, 0.1) is 6.92 Å². The molecule has 6 nitrogen and oxygen atoms in total. The second-order valence-electron chi connectivity index (χ2n) is 3.93. The number of nitrogens with zero attached hydrogens (tertiary/aromatic N) is 1. The van der Waals surface area contributed by atoms with E-state index in [1.807, 2.05) is 6.92 Å². The van der Waals surface area contributed by atoms with Crippen LogP contribution in [-0.4, -0.2) is 18.9 Å². The summed E-state index contributed by atoms with van der Waals surface area (Å²) in [5, 5.41) is 0. The van der Waals surface area contributed by atoms with Crippen LogP contribution >= 0.6 is 11.3 Å². The van der Waals surface area contributed by atoms with Crippen molar-refractivity contribution in [1.82, 2.24) is 14.8 Å². The summed E-state index contributed by atoms with van der Waals surface area (Å²) < 4.78 is 25.5. The zero-order valence-corrected chi connectivity index (χ0v) is 12.0. The molecule has 0 aliphatic carbocycles. The summed E-state index contributed by atoms with van der Waals surface area (Å²) in [7, 11) is -2.01. The number of hydrogen-bond donors (Lipinski definition) is 2. The van der Waals surface area contributed by atoms with Crippen molar-refractivity contribution >= 4 is 27.3 Å². The van der Waals surface area contributed by atoms with Gasteiger partial charge in [-0.15, -0.1) is 16.2 Å². The summed E-state index contributed by atoms with van der Waals surface area (Å²) in [4.78, 5) is 14.7. The molecule has 0 aliphatic rings. The predicted molar refractivity (Wildman–Crippen MR) is 72.3 cm³/mol. The van der Waals surface area contributed by atoms with Gasteiger partial charge in [-0.3, -0.25) is 10.2 Å². The number of hydrazine groups is 1. The Labute approximate surface area is 115 Å². The van der Waals surface area contributed by atoms with Crippen LogP contribution in [0.3, 0.4) is 0 Å². The number of carbonyl (C=O) groups is 1. The van der Waals surface area contributed by atoms with E-state index in [2.05, 4.69) is 10.3 Å². The van der Waals surface area contributed by atoms with Gasteiger partial charge in [0.15, 0.2) is 0 Å². The van der Waals surface area contributed by atoms with Crippen LogP contribution in [-0.2, 0) is 17.1 Å². The SMILES string of the molecule is Cc1ccc(S(=O)(=O)NNC(=O)c2cccn2C)s1. The molecule has 0 saturated carbocycles. The molecule has 0 aromatic carbocycles. The lowest BCUT2D eigenvalue weighted by Crippen LogP contribution is -2.41.